The van der Waals surface area contributed by atoms with Gasteiger partial charge in [-0.25, -0.2) is 0 Å². The van der Waals surface area contributed by atoms with Crippen molar-refractivity contribution in [3.05, 3.63) is 92.8 Å². The molecule has 1 rings (SSSR count). The Hall–Kier alpha value is -2.15. The van der Waals surface area contributed by atoms with Gasteiger partial charge in [0, 0.05) is 17.1 Å². The summed E-state index contributed by atoms with van der Waals surface area (Å²) in [6.45, 7) is 19.1. The Kier molecular flexibility index (Phi) is 31.3. The number of hydrogen-bond donors (Lipinski definition) is 0. The van der Waals surface area contributed by atoms with E-state index in [0.29, 0.717) is 0 Å². The summed E-state index contributed by atoms with van der Waals surface area (Å²) in [4.78, 5) is 11.9. The Morgan fingerprint density at radius 3 is 1.91 bits per heavy atom. The van der Waals surface area contributed by atoms with Gasteiger partial charge in [-0.15, -0.1) is 6.58 Å². The molecule has 0 heterocycles. The average Bonchev–Trinajstić information content (AvgIpc) is 2.62. The molecule has 0 fully saturated rings. The van der Waals surface area contributed by atoms with Crippen LogP contribution in [-0.2, 0) is 35.8 Å². The minimum Gasteiger partial charge on any atom is 0 e. The van der Waals surface area contributed by atoms with E-state index in [1.54, 1.807) is 18.2 Å². The van der Waals surface area contributed by atoms with Gasteiger partial charge in [0.15, 0.2) is 5.78 Å². The Labute approximate surface area is 147 Å². The van der Waals surface area contributed by atoms with E-state index in [1.807, 2.05) is 49.4 Å². The quantitative estimate of drug-likeness (QED) is 0.199. The number of benzene rings is 1. The van der Waals surface area contributed by atoms with E-state index in [2.05, 4.69) is 26.5 Å². The van der Waals surface area contributed by atoms with Crippen molar-refractivity contribution in [2.75, 3.05) is 0 Å². The van der Waals surface area contributed by atoms with Crippen molar-refractivity contribution in [1.29, 1.82) is 0 Å². The van der Waals surface area contributed by atoms with Crippen LogP contribution in [0.15, 0.2) is 67.3 Å². The van der Waals surface area contributed by atoms with Crippen molar-refractivity contribution >= 4 is 5.78 Å². The maximum atomic E-state index is 11.9. The van der Waals surface area contributed by atoms with Crippen LogP contribution in [-0.4, -0.2) is 5.78 Å². The second-order valence-corrected chi connectivity index (χ2v) is 3.41. The Morgan fingerprint density at radius 1 is 1.04 bits per heavy atom. The summed E-state index contributed by atoms with van der Waals surface area (Å²) in [7, 11) is 0. The van der Waals surface area contributed by atoms with Crippen LogP contribution in [0.4, 0.5) is 0 Å². The van der Waals surface area contributed by atoms with Crippen molar-refractivity contribution in [3.8, 4) is 0 Å². The summed E-state index contributed by atoms with van der Waals surface area (Å²) < 4.78 is 22.5. The van der Waals surface area contributed by atoms with E-state index in [-0.39, 0.29) is 28.8 Å². The summed E-state index contributed by atoms with van der Waals surface area (Å²) in [5, 5.41) is 0. The second kappa shape index (κ2) is 24.8. The first-order valence-corrected chi connectivity index (χ1v) is 5.91. The summed E-state index contributed by atoms with van der Waals surface area (Å²) in [5.74, 6) is -0.193. The molecule has 23 heavy (non-hydrogen) atoms. The molecule has 0 aliphatic carbocycles. The molecule has 120 valence electrons. The van der Waals surface area contributed by atoms with Gasteiger partial charge in [0.25, 0.3) is 0 Å². The molecule has 0 saturated heterocycles. The fraction of sp³-hybridized carbons (Fsp3) is 0.111. The largest absolute Gasteiger partial charge is 0 e. The molecule has 0 N–H and O–H groups in total. The SMILES string of the molecule is C=CC(C(=O)/C=C/C=C/C)c1ccccc1.[C-]#[O+].[C-]#[O+].[C-]#[O+].[Fe]. The second-order valence-electron chi connectivity index (χ2n) is 3.41. The number of ketones is 1. The number of allylic oxidation sites excluding steroid dienone is 5. The predicted molar refractivity (Wildman–Crippen MR) is 80.1 cm³/mol. The Bertz CT molecular complexity index is 511. The molecule has 0 aromatic heterocycles. The van der Waals surface area contributed by atoms with Gasteiger partial charge in [0.1, 0.15) is 0 Å². The standard InChI is InChI=1S/C15H16O.3CO.Fe/c1-3-5-7-12-15(16)14(4-2)13-10-8-6-9-11-13;3*1-2;/h3-12,14H,2H2,1H3;;;;/b5-3+,12-7+;;;;. The minimum absolute atomic E-state index is 0. The van der Waals surface area contributed by atoms with Crippen LogP contribution in [0.5, 0.6) is 0 Å². The monoisotopic (exact) mass is 352 g/mol. The van der Waals surface area contributed by atoms with Crippen LogP contribution >= 0.6 is 0 Å². The first kappa shape index (κ1) is 28.9. The molecule has 4 nitrogen and oxygen atoms in total. The van der Waals surface area contributed by atoms with Gasteiger partial charge in [-0.3, -0.25) is 4.79 Å². The zero-order chi connectivity index (χ0) is 17.8. The van der Waals surface area contributed by atoms with Gasteiger partial charge in [-0.2, -0.15) is 0 Å². The van der Waals surface area contributed by atoms with E-state index in [1.165, 1.54) is 0 Å². The molecule has 0 amide bonds. The molecule has 0 aliphatic heterocycles. The molecule has 0 bridgehead atoms. The summed E-state index contributed by atoms with van der Waals surface area (Å²) in [6, 6.07) is 9.66. The third kappa shape index (κ3) is 14.5. The number of carbonyl (C=O) groups is 1. The van der Waals surface area contributed by atoms with Crippen LogP contribution in [0, 0.1) is 20.0 Å². The summed E-state index contributed by atoms with van der Waals surface area (Å²) >= 11 is 0. The fourth-order valence-electron chi connectivity index (χ4n) is 1.44. The van der Waals surface area contributed by atoms with E-state index < -0.39 is 0 Å². The van der Waals surface area contributed by atoms with E-state index >= 15 is 0 Å². The van der Waals surface area contributed by atoms with Gasteiger partial charge in [-0.05, 0) is 18.6 Å². The third-order valence-electron chi connectivity index (χ3n) is 2.26. The molecule has 1 aromatic rings. The van der Waals surface area contributed by atoms with Crippen molar-refractivity contribution in [2.24, 2.45) is 0 Å². The van der Waals surface area contributed by atoms with Crippen molar-refractivity contribution in [1.82, 2.24) is 0 Å². The zero-order valence-corrected chi connectivity index (χ0v) is 13.6. The zero-order valence-electron chi connectivity index (χ0n) is 12.5. The van der Waals surface area contributed by atoms with E-state index in [4.69, 9.17) is 14.0 Å². The third-order valence-corrected chi connectivity index (χ3v) is 2.26. The van der Waals surface area contributed by atoms with Crippen LogP contribution in [0.1, 0.15) is 18.4 Å². The van der Waals surface area contributed by atoms with Gasteiger partial charge in [-0.1, -0.05) is 54.6 Å². The first-order chi connectivity index (χ1) is 10.8. The summed E-state index contributed by atoms with van der Waals surface area (Å²) in [6.07, 6.45) is 8.73. The van der Waals surface area contributed by atoms with Crippen molar-refractivity contribution < 1.29 is 35.8 Å². The van der Waals surface area contributed by atoms with Gasteiger partial charge in [0.2, 0.25) is 0 Å². The topological polar surface area (TPSA) is 76.8 Å². The molecular formula is C18H16FeO4. The smallest absolute Gasteiger partial charge is 0 e. The van der Waals surface area contributed by atoms with Gasteiger partial charge < -0.3 is 0 Å². The molecule has 1 aromatic carbocycles. The number of rotatable bonds is 5. The Morgan fingerprint density at radius 2 is 1.52 bits per heavy atom. The normalized spacial score (nSPS) is 9.35. The van der Waals surface area contributed by atoms with Crippen LogP contribution < -0.4 is 0 Å². The maximum absolute atomic E-state index is 11.9. The molecule has 0 aliphatic rings. The molecule has 0 radical (unpaired) electrons. The maximum Gasteiger partial charge on any atom is 0 e. The molecule has 0 spiro atoms. The van der Waals surface area contributed by atoms with Crippen LogP contribution in [0.2, 0.25) is 0 Å². The summed E-state index contributed by atoms with van der Waals surface area (Å²) in [5.41, 5.74) is 0.979. The predicted octanol–water partition coefficient (Wildman–Crippen LogP) is 3.54. The van der Waals surface area contributed by atoms with Crippen molar-refractivity contribution in [2.45, 2.75) is 12.8 Å². The van der Waals surface area contributed by atoms with Crippen LogP contribution in [0.25, 0.3) is 0 Å². The average molecular weight is 352 g/mol. The van der Waals surface area contributed by atoms with Crippen LogP contribution in [0.3, 0.4) is 0 Å². The van der Waals surface area contributed by atoms with Gasteiger partial charge in [0.05, 0.1) is 5.92 Å². The molecule has 5 heteroatoms. The molecular weight excluding hydrogens is 336 g/mol. The first-order valence-electron chi connectivity index (χ1n) is 5.91. The number of hydrogen-bond acceptors (Lipinski definition) is 1. The van der Waals surface area contributed by atoms with Crippen molar-refractivity contribution in [3.63, 3.8) is 0 Å². The minimum atomic E-state index is -0.247. The molecule has 1 unspecified atom stereocenters. The fourth-order valence-corrected chi connectivity index (χ4v) is 1.44. The van der Waals surface area contributed by atoms with E-state index in [9.17, 15) is 4.79 Å². The molecule has 1 atom stereocenters. The van der Waals surface area contributed by atoms with E-state index in [0.717, 1.165) is 5.56 Å². The Balaban J connectivity index is -0.000000231. The van der Waals surface area contributed by atoms with Gasteiger partial charge >= 0.3 is 33.9 Å². The number of carbonyl (C=O) groups excluding carboxylic acids is 1. The molecule has 0 saturated carbocycles.